The first-order chi connectivity index (χ1) is 15.8. The lowest BCUT2D eigenvalue weighted by Crippen LogP contribution is -2.41. The average Bonchev–Trinajstić information content (AvgIpc) is 3.26. The summed E-state index contributed by atoms with van der Waals surface area (Å²) >= 11 is 7.93. The first-order valence-electron chi connectivity index (χ1n) is 10.3. The van der Waals surface area contributed by atoms with E-state index in [1.165, 1.54) is 4.70 Å². The van der Waals surface area contributed by atoms with Gasteiger partial charge in [0, 0.05) is 16.3 Å². The van der Waals surface area contributed by atoms with Gasteiger partial charge in [0.2, 0.25) is 5.91 Å². The molecule has 0 atom stereocenters. The molecule has 4 rings (SSSR count). The summed E-state index contributed by atoms with van der Waals surface area (Å²) in [6.45, 7) is 3.56. The van der Waals surface area contributed by atoms with E-state index in [0.29, 0.717) is 22.8 Å². The Labute approximate surface area is 202 Å². The molecule has 0 spiro atoms. The zero-order valence-electron chi connectivity index (χ0n) is 18.2. The van der Waals surface area contributed by atoms with Crippen molar-refractivity contribution in [3.8, 4) is 0 Å². The lowest BCUT2D eigenvalue weighted by atomic mass is 10.1. The maximum atomic E-state index is 13.5. The number of nitrogens with one attached hydrogen (secondary N) is 1. The summed E-state index contributed by atoms with van der Waals surface area (Å²) < 4.78 is 29.4. The fraction of sp³-hybridized carbons (Fsp3) is 0.160. The number of hydrogen-bond acceptors (Lipinski definition) is 4. The minimum absolute atomic E-state index is 0.114. The summed E-state index contributed by atoms with van der Waals surface area (Å²) in [5.74, 6) is -0.407. The maximum Gasteiger partial charge on any atom is 0.264 e. The van der Waals surface area contributed by atoms with Gasteiger partial charge in [-0.05, 0) is 78.2 Å². The van der Waals surface area contributed by atoms with Gasteiger partial charge < -0.3 is 5.32 Å². The molecule has 0 radical (unpaired) electrons. The van der Waals surface area contributed by atoms with E-state index in [1.807, 2.05) is 36.6 Å². The van der Waals surface area contributed by atoms with Gasteiger partial charge in [-0.2, -0.15) is 0 Å². The zero-order valence-corrected chi connectivity index (χ0v) is 20.6. The third-order valence-corrected chi connectivity index (χ3v) is 8.49. The molecule has 170 valence electrons. The number of sulfonamides is 1. The number of rotatable bonds is 7. The molecular formula is C25H23ClN2O3S2. The van der Waals surface area contributed by atoms with E-state index >= 15 is 0 Å². The predicted molar refractivity (Wildman–Crippen MR) is 136 cm³/mol. The third kappa shape index (κ3) is 5.05. The van der Waals surface area contributed by atoms with E-state index in [0.717, 1.165) is 20.8 Å². The topological polar surface area (TPSA) is 66.5 Å². The highest BCUT2D eigenvalue weighted by molar-refractivity contribution is 7.92. The summed E-state index contributed by atoms with van der Waals surface area (Å²) in [7, 11) is -3.99. The van der Waals surface area contributed by atoms with Crippen LogP contribution in [-0.2, 0) is 21.4 Å². The van der Waals surface area contributed by atoms with E-state index in [4.69, 9.17) is 11.6 Å². The number of hydrogen-bond donors (Lipinski definition) is 1. The number of aryl methyl sites for hydroxylation is 1. The number of amides is 1. The number of anilines is 1. The highest BCUT2D eigenvalue weighted by Crippen LogP contribution is 2.31. The Morgan fingerprint density at radius 1 is 1.03 bits per heavy atom. The van der Waals surface area contributed by atoms with Crippen molar-refractivity contribution in [2.75, 3.05) is 10.8 Å². The molecule has 33 heavy (non-hydrogen) atoms. The van der Waals surface area contributed by atoms with Crippen LogP contribution in [0.5, 0.6) is 0 Å². The van der Waals surface area contributed by atoms with Crippen LogP contribution in [0.2, 0.25) is 5.02 Å². The van der Waals surface area contributed by atoms with Crippen molar-refractivity contribution in [2.24, 2.45) is 0 Å². The minimum Gasteiger partial charge on any atom is -0.350 e. The van der Waals surface area contributed by atoms with Gasteiger partial charge in [-0.1, -0.05) is 41.4 Å². The first-order valence-corrected chi connectivity index (χ1v) is 13.0. The number of halogens is 1. The van der Waals surface area contributed by atoms with E-state index in [9.17, 15) is 13.2 Å². The molecule has 0 saturated carbocycles. The van der Waals surface area contributed by atoms with Crippen LogP contribution in [0.3, 0.4) is 0 Å². The van der Waals surface area contributed by atoms with Gasteiger partial charge in [0.15, 0.2) is 0 Å². The molecule has 0 unspecified atom stereocenters. The summed E-state index contributed by atoms with van der Waals surface area (Å²) in [5, 5.41) is 6.42. The van der Waals surface area contributed by atoms with Gasteiger partial charge in [0.05, 0.1) is 10.6 Å². The lowest BCUT2D eigenvalue weighted by Gasteiger charge is -2.26. The second kappa shape index (κ2) is 9.55. The second-order valence-electron chi connectivity index (χ2n) is 7.78. The fourth-order valence-corrected chi connectivity index (χ4v) is 5.94. The van der Waals surface area contributed by atoms with Crippen LogP contribution in [-0.4, -0.2) is 20.9 Å². The quantitative estimate of drug-likeness (QED) is 0.356. The molecule has 4 aromatic rings. The van der Waals surface area contributed by atoms with Gasteiger partial charge in [-0.15, -0.1) is 11.3 Å². The highest BCUT2D eigenvalue weighted by Gasteiger charge is 2.28. The Bertz CT molecular complexity index is 1410. The van der Waals surface area contributed by atoms with E-state index in [-0.39, 0.29) is 11.4 Å². The van der Waals surface area contributed by atoms with Gasteiger partial charge in [0.1, 0.15) is 6.54 Å². The molecule has 5 nitrogen and oxygen atoms in total. The highest BCUT2D eigenvalue weighted by atomic mass is 35.5. The summed E-state index contributed by atoms with van der Waals surface area (Å²) in [5.41, 5.74) is 2.85. The predicted octanol–water partition coefficient (Wildman–Crippen LogP) is 5.68. The molecule has 0 saturated heterocycles. The Morgan fingerprint density at radius 3 is 2.55 bits per heavy atom. The van der Waals surface area contributed by atoms with Crippen molar-refractivity contribution < 1.29 is 13.2 Å². The summed E-state index contributed by atoms with van der Waals surface area (Å²) in [6.07, 6.45) is 0. The summed E-state index contributed by atoms with van der Waals surface area (Å²) in [6, 6.07) is 19.6. The van der Waals surface area contributed by atoms with Gasteiger partial charge in [-0.3, -0.25) is 9.10 Å². The molecule has 0 aliphatic rings. The Kier molecular flexibility index (Phi) is 6.74. The van der Waals surface area contributed by atoms with Gasteiger partial charge in [-0.25, -0.2) is 8.42 Å². The van der Waals surface area contributed by atoms with Crippen LogP contribution in [0.4, 0.5) is 5.69 Å². The smallest absolute Gasteiger partial charge is 0.264 e. The molecular weight excluding hydrogens is 476 g/mol. The number of carbonyl (C=O) groups is 1. The maximum absolute atomic E-state index is 13.5. The van der Waals surface area contributed by atoms with Crippen molar-refractivity contribution >= 4 is 54.6 Å². The van der Waals surface area contributed by atoms with E-state index in [2.05, 4.69) is 5.32 Å². The molecule has 0 aliphatic carbocycles. The molecule has 1 N–H and O–H groups in total. The van der Waals surface area contributed by atoms with Crippen LogP contribution in [0.1, 0.15) is 16.7 Å². The number of benzene rings is 3. The van der Waals surface area contributed by atoms with Gasteiger partial charge in [0.25, 0.3) is 10.0 Å². The third-order valence-electron chi connectivity index (χ3n) is 5.41. The minimum atomic E-state index is -3.99. The molecule has 0 aliphatic heterocycles. The van der Waals surface area contributed by atoms with Crippen molar-refractivity contribution in [3.63, 3.8) is 0 Å². The second-order valence-corrected chi connectivity index (χ2v) is 11.0. The standard InChI is InChI=1S/C25H23ClN2O3S2/c1-17-6-9-21(10-7-17)33(30,31)28(23-5-3-4-22(26)18(23)2)16-25(29)27-15-19-8-11-24-20(14-19)12-13-32-24/h3-14H,15-16H2,1-2H3,(H,27,29). The van der Waals surface area contributed by atoms with Crippen LogP contribution in [0, 0.1) is 13.8 Å². The van der Waals surface area contributed by atoms with E-state index in [1.54, 1.807) is 60.7 Å². The van der Waals surface area contributed by atoms with Crippen molar-refractivity contribution in [3.05, 3.63) is 93.8 Å². The average molecular weight is 499 g/mol. The van der Waals surface area contributed by atoms with Crippen molar-refractivity contribution in [2.45, 2.75) is 25.3 Å². The molecule has 8 heteroatoms. The SMILES string of the molecule is Cc1ccc(S(=O)(=O)N(CC(=O)NCc2ccc3sccc3c2)c2cccc(Cl)c2C)cc1. The monoisotopic (exact) mass is 498 g/mol. The Hall–Kier alpha value is -2.87. The first kappa shape index (κ1) is 23.3. The molecule has 1 amide bonds. The molecule has 0 fully saturated rings. The number of fused-ring (bicyclic) bond motifs is 1. The molecule has 1 aromatic heterocycles. The number of nitrogens with zero attached hydrogens (tertiary/aromatic N) is 1. The van der Waals surface area contributed by atoms with Crippen molar-refractivity contribution in [1.29, 1.82) is 0 Å². The molecule has 1 heterocycles. The van der Waals surface area contributed by atoms with Crippen LogP contribution in [0.25, 0.3) is 10.1 Å². The van der Waals surface area contributed by atoms with Crippen molar-refractivity contribution in [1.82, 2.24) is 5.32 Å². The zero-order chi connectivity index (χ0) is 23.6. The molecule has 0 bridgehead atoms. The Morgan fingerprint density at radius 2 is 1.79 bits per heavy atom. The Balaban J connectivity index is 1.60. The fourth-order valence-electron chi connectivity index (χ4n) is 3.52. The normalized spacial score (nSPS) is 11.5. The lowest BCUT2D eigenvalue weighted by molar-refractivity contribution is -0.119. The molecule has 3 aromatic carbocycles. The van der Waals surface area contributed by atoms with Gasteiger partial charge >= 0.3 is 0 Å². The van der Waals surface area contributed by atoms with E-state index < -0.39 is 15.9 Å². The number of carbonyl (C=O) groups excluding carboxylic acids is 1. The largest absolute Gasteiger partial charge is 0.350 e. The van der Waals surface area contributed by atoms with Crippen LogP contribution in [0.15, 0.2) is 77.0 Å². The van der Waals surface area contributed by atoms with Crippen LogP contribution >= 0.6 is 22.9 Å². The number of thiophene rings is 1. The van der Waals surface area contributed by atoms with Crippen LogP contribution < -0.4 is 9.62 Å². The summed E-state index contributed by atoms with van der Waals surface area (Å²) in [4.78, 5) is 13.0.